The number of aliphatic hydroxyl groups is 1. The van der Waals surface area contributed by atoms with Crippen LogP contribution in [0.4, 0.5) is 0 Å². The fourth-order valence-corrected chi connectivity index (χ4v) is 1.31. The summed E-state index contributed by atoms with van der Waals surface area (Å²) in [4.78, 5) is 4.00. The van der Waals surface area contributed by atoms with Gasteiger partial charge in [0.15, 0.2) is 0 Å². The van der Waals surface area contributed by atoms with Crippen LogP contribution in [0.3, 0.4) is 0 Å². The second-order valence-corrected chi connectivity index (χ2v) is 3.21. The summed E-state index contributed by atoms with van der Waals surface area (Å²) in [6, 6.07) is 1.91. The van der Waals surface area contributed by atoms with Gasteiger partial charge in [-0.3, -0.25) is 4.98 Å². The number of aliphatic hydroxyl groups excluding tert-OH is 1. The van der Waals surface area contributed by atoms with Gasteiger partial charge in [-0.25, -0.2) is 0 Å². The molecule has 1 aromatic rings. The van der Waals surface area contributed by atoms with Crippen LogP contribution in [0.5, 0.6) is 0 Å². The molecule has 0 aliphatic heterocycles. The van der Waals surface area contributed by atoms with Crippen molar-refractivity contribution in [3.05, 3.63) is 29.6 Å². The van der Waals surface area contributed by atoms with Gasteiger partial charge < -0.3 is 5.11 Å². The van der Waals surface area contributed by atoms with Crippen LogP contribution in [0.25, 0.3) is 0 Å². The molecule has 0 saturated carbocycles. The number of aromatic nitrogens is 1. The normalized spacial score (nSPS) is 11.6. The van der Waals surface area contributed by atoms with E-state index in [-0.39, 0.29) is 0 Å². The van der Waals surface area contributed by atoms with Crippen LogP contribution in [-0.4, -0.2) is 10.1 Å². The standard InChI is InChI=1S/C12H15NO/c1-3-4-5-6-12(14)11-9-13-8-7-10(11)2/h7-9,12,14H,5-6H2,1-2H3. The highest BCUT2D eigenvalue weighted by Gasteiger charge is 2.08. The lowest BCUT2D eigenvalue weighted by Crippen LogP contribution is -2.00. The number of hydrogen-bond acceptors (Lipinski definition) is 2. The minimum atomic E-state index is -0.440. The molecule has 74 valence electrons. The predicted molar refractivity (Wildman–Crippen MR) is 56.6 cm³/mol. The van der Waals surface area contributed by atoms with Gasteiger partial charge in [-0.2, -0.15) is 0 Å². The zero-order valence-electron chi connectivity index (χ0n) is 8.62. The maximum absolute atomic E-state index is 9.82. The molecule has 14 heavy (non-hydrogen) atoms. The number of pyridine rings is 1. The van der Waals surface area contributed by atoms with Crippen LogP contribution in [0, 0.1) is 18.8 Å². The van der Waals surface area contributed by atoms with Crippen LogP contribution < -0.4 is 0 Å². The molecule has 0 bridgehead atoms. The lowest BCUT2D eigenvalue weighted by atomic mass is 10.0. The quantitative estimate of drug-likeness (QED) is 0.740. The molecule has 1 heterocycles. The van der Waals surface area contributed by atoms with Crippen LogP contribution in [0.1, 0.15) is 37.0 Å². The fourth-order valence-electron chi connectivity index (χ4n) is 1.31. The first-order chi connectivity index (χ1) is 6.75. The molecular formula is C12H15NO. The number of aryl methyl sites for hydroxylation is 1. The van der Waals surface area contributed by atoms with Crippen molar-refractivity contribution in [2.24, 2.45) is 0 Å². The van der Waals surface area contributed by atoms with Gasteiger partial charge in [0.05, 0.1) is 6.10 Å². The Bertz CT molecular complexity index is 349. The van der Waals surface area contributed by atoms with Crippen LogP contribution in [-0.2, 0) is 0 Å². The highest BCUT2D eigenvalue weighted by molar-refractivity contribution is 5.23. The van der Waals surface area contributed by atoms with Crippen LogP contribution >= 0.6 is 0 Å². The number of hydrogen-bond donors (Lipinski definition) is 1. The molecule has 0 aliphatic rings. The Morgan fingerprint density at radius 3 is 3.00 bits per heavy atom. The first-order valence-electron chi connectivity index (χ1n) is 4.74. The van der Waals surface area contributed by atoms with Crippen molar-refractivity contribution in [3.8, 4) is 11.8 Å². The number of nitrogens with zero attached hydrogens (tertiary/aromatic N) is 1. The smallest absolute Gasteiger partial charge is 0.0816 e. The molecule has 1 N–H and O–H groups in total. The molecule has 2 heteroatoms. The van der Waals surface area contributed by atoms with E-state index in [1.807, 2.05) is 19.9 Å². The van der Waals surface area contributed by atoms with E-state index in [1.165, 1.54) is 0 Å². The topological polar surface area (TPSA) is 33.1 Å². The van der Waals surface area contributed by atoms with Crippen molar-refractivity contribution >= 4 is 0 Å². The van der Waals surface area contributed by atoms with E-state index < -0.39 is 6.10 Å². The predicted octanol–water partition coefficient (Wildman–Crippen LogP) is 2.23. The largest absolute Gasteiger partial charge is 0.388 e. The van der Waals surface area contributed by atoms with E-state index in [9.17, 15) is 5.11 Å². The van der Waals surface area contributed by atoms with Gasteiger partial charge in [-0.05, 0) is 31.9 Å². The summed E-state index contributed by atoms with van der Waals surface area (Å²) < 4.78 is 0. The van der Waals surface area contributed by atoms with E-state index in [0.717, 1.165) is 17.5 Å². The van der Waals surface area contributed by atoms with Gasteiger partial charge in [0.25, 0.3) is 0 Å². The lowest BCUT2D eigenvalue weighted by Gasteiger charge is -2.10. The summed E-state index contributed by atoms with van der Waals surface area (Å²) in [7, 11) is 0. The highest BCUT2D eigenvalue weighted by Crippen LogP contribution is 2.20. The van der Waals surface area contributed by atoms with Crippen molar-refractivity contribution in [1.82, 2.24) is 4.98 Å². The second-order valence-electron chi connectivity index (χ2n) is 3.21. The monoisotopic (exact) mass is 189 g/mol. The van der Waals surface area contributed by atoms with E-state index in [4.69, 9.17) is 0 Å². The third-order valence-electron chi connectivity index (χ3n) is 2.16. The summed E-state index contributed by atoms with van der Waals surface area (Å²) >= 11 is 0. The molecule has 0 aliphatic carbocycles. The fraction of sp³-hybridized carbons (Fsp3) is 0.417. The van der Waals surface area contributed by atoms with Crippen molar-refractivity contribution in [2.45, 2.75) is 32.8 Å². The summed E-state index contributed by atoms with van der Waals surface area (Å²) in [5, 5.41) is 9.82. The highest BCUT2D eigenvalue weighted by atomic mass is 16.3. The molecule has 0 aromatic carbocycles. The van der Waals surface area contributed by atoms with E-state index in [1.54, 1.807) is 12.4 Å². The Labute approximate surface area is 85.0 Å². The molecule has 1 unspecified atom stereocenters. The average molecular weight is 189 g/mol. The minimum Gasteiger partial charge on any atom is -0.388 e. The lowest BCUT2D eigenvalue weighted by molar-refractivity contribution is 0.168. The van der Waals surface area contributed by atoms with E-state index >= 15 is 0 Å². The minimum absolute atomic E-state index is 0.440. The Balaban J connectivity index is 2.63. The SMILES string of the molecule is CC#CCCC(O)c1cnccc1C. The Kier molecular flexibility index (Phi) is 4.15. The van der Waals surface area contributed by atoms with Crippen molar-refractivity contribution < 1.29 is 5.11 Å². The molecule has 1 rings (SSSR count). The number of rotatable bonds is 3. The molecule has 1 aromatic heterocycles. The maximum Gasteiger partial charge on any atom is 0.0816 e. The molecule has 0 spiro atoms. The van der Waals surface area contributed by atoms with Crippen LogP contribution in [0.15, 0.2) is 18.5 Å². The molecule has 1 atom stereocenters. The van der Waals surface area contributed by atoms with Crippen molar-refractivity contribution in [1.29, 1.82) is 0 Å². The van der Waals surface area contributed by atoms with Crippen LogP contribution in [0.2, 0.25) is 0 Å². The van der Waals surface area contributed by atoms with Gasteiger partial charge in [-0.15, -0.1) is 11.8 Å². The third-order valence-corrected chi connectivity index (χ3v) is 2.16. The van der Waals surface area contributed by atoms with Gasteiger partial charge in [0, 0.05) is 24.4 Å². The Hall–Kier alpha value is -1.33. The molecule has 0 radical (unpaired) electrons. The Morgan fingerprint density at radius 2 is 2.36 bits per heavy atom. The summed E-state index contributed by atoms with van der Waals surface area (Å²) in [5.74, 6) is 5.75. The second kappa shape index (κ2) is 5.41. The van der Waals surface area contributed by atoms with Crippen molar-refractivity contribution in [3.63, 3.8) is 0 Å². The van der Waals surface area contributed by atoms with E-state index in [2.05, 4.69) is 16.8 Å². The first kappa shape index (κ1) is 10.7. The van der Waals surface area contributed by atoms with Gasteiger partial charge in [-0.1, -0.05) is 0 Å². The zero-order valence-corrected chi connectivity index (χ0v) is 8.62. The zero-order chi connectivity index (χ0) is 10.4. The molecule has 0 amide bonds. The first-order valence-corrected chi connectivity index (χ1v) is 4.74. The van der Waals surface area contributed by atoms with Gasteiger partial charge in [0.2, 0.25) is 0 Å². The molecule has 0 fully saturated rings. The molecule has 0 saturated heterocycles. The molecule has 2 nitrogen and oxygen atoms in total. The van der Waals surface area contributed by atoms with Gasteiger partial charge in [0.1, 0.15) is 0 Å². The summed E-state index contributed by atoms with van der Waals surface area (Å²) in [6.07, 6.45) is 4.42. The summed E-state index contributed by atoms with van der Waals surface area (Å²) in [5.41, 5.74) is 1.99. The average Bonchev–Trinajstić information content (AvgIpc) is 2.18. The third kappa shape index (κ3) is 2.86. The summed E-state index contributed by atoms with van der Waals surface area (Å²) in [6.45, 7) is 3.79. The van der Waals surface area contributed by atoms with Crippen molar-refractivity contribution in [2.75, 3.05) is 0 Å². The maximum atomic E-state index is 9.82. The van der Waals surface area contributed by atoms with Gasteiger partial charge >= 0.3 is 0 Å². The molecular weight excluding hydrogens is 174 g/mol. The Morgan fingerprint density at radius 1 is 1.57 bits per heavy atom. The van der Waals surface area contributed by atoms with E-state index in [0.29, 0.717) is 6.42 Å².